The summed E-state index contributed by atoms with van der Waals surface area (Å²) in [7, 11) is 0. The molecule has 3 nitrogen and oxygen atoms in total. The summed E-state index contributed by atoms with van der Waals surface area (Å²) >= 11 is 0. The van der Waals surface area contributed by atoms with E-state index in [1.165, 1.54) is 26.8 Å². The van der Waals surface area contributed by atoms with Crippen molar-refractivity contribution in [3.63, 3.8) is 0 Å². The second-order valence-electron chi connectivity index (χ2n) is 8.07. The quantitative estimate of drug-likeness (QED) is 0.352. The molecular weight excluding hydrogens is 404 g/mol. The Labute approximate surface area is 156 Å². The Hall–Kier alpha value is -1.39. The molecule has 2 aliphatic carbocycles. The summed E-state index contributed by atoms with van der Waals surface area (Å²) in [5.41, 5.74) is -6.09. The average Bonchev–Trinajstić information content (AvgIpc) is 2.99. The Bertz CT molecular complexity index is 616. The van der Waals surface area contributed by atoms with Crippen LogP contribution in [0.2, 0.25) is 0 Å². The van der Waals surface area contributed by atoms with Crippen molar-refractivity contribution in [1.82, 2.24) is 0 Å². The smallest absolute Gasteiger partial charge is 0.426 e. The van der Waals surface area contributed by atoms with Gasteiger partial charge in [-0.15, -0.1) is 0 Å². The summed E-state index contributed by atoms with van der Waals surface area (Å²) < 4.78 is 119. The van der Waals surface area contributed by atoms with Crippen molar-refractivity contribution in [2.45, 2.75) is 63.1 Å². The molecule has 0 radical (unpaired) electrons. The van der Waals surface area contributed by atoms with Gasteiger partial charge in [-0.25, -0.2) is 13.6 Å². The van der Waals surface area contributed by atoms with Gasteiger partial charge >= 0.3 is 18.3 Å². The SMILES string of the molecule is CC(C)(C)OC(=O)COC(CC1C2C=CC(C2)C1(F)F)(C(F)(F)F)C(F)(F)F. The third-order valence-electron chi connectivity index (χ3n) is 4.90. The van der Waals surface area contributed by atoms with E-state index in [9.17, 15) is 39.9 Å². The van der Waals surface area contributed by atoms with E-state index >= 15 is 0 Å². The van der Waals surface area contributed by atoms with E-state index in [0.29, 0.717) is 0 Å². The van der Waals surface area contributed by atoms with Gasteiger partial charge in [0.2, 0.25) is 0 Å². The van der Waals surface area contributed by atoms with E-state index in [-0.39, 0.29) is 6.42 Å². The van der Waals surface area contributed by atoms with Gasteiger partial charge in [0, 0.05) is 18.3 Å². The van der Waals surface area contributed by atoms with Gasteiger partial charge in [-0.3, -0.25) is 0 Å². The maximum atomic E-state index is 14.3. The third kappa shape index (κ3) is 4.13. The molecule has 0 aromatic carbocycles. The van der Waals surface area contributed by atoms with Crippen molar-refractivity contribution >= 4 is 5.97 Å². The molecule has 0 heterocycles. The molecule has 162 valence electrons. The van der Waals surface area contributed by atoms with Gasteiger partial charge in [0.25, 0.3) is 11.5 Å². The largest absolute Gasteiger partial charge is 0.458 e. The molecule has 0 N–H and O–H groups in total. The standard InChI is InChI=1S/C17H20F8O3/c1-13(2,3)28-12(26)8-27-14(16(20,21)22,17(23,24)25)7-11-9-4-5-10(6-9)15(11,18)19/h4-5,9-11H,6-8H2,1-3H3. The van der Waals surface area contributed by atoms with Gasteiger partial charge in [0.15, 0.2) is 0 Å². The van der Waals surface area contributed by atoms with Crippen molar-refractivity contribution in [3.05, 3.63) is 12.2 Å². The zero-order valence-corrected chi connectivity index (χ0v) is 15.3. The van der Waals surface area contributed by atoms with E-state index < -0.39 is 66.2 Å². The molecule has 0 spiro atoms. The summed E-state index contributed by atoms with van der Waals surface area (Å²) in [6.07, 6.45) is -12.1. The molecule has 3 unspecified atom stereocenters. The first kappa shape index (κ1) is 22.9. The molecule has 11 heteroatoms. The number of alkyl halides is 8. The Kier molecular flexibility index (Phi) is 5.60. The minimum Gasteiger partial charge on any atom is -0.458 e. The van der Waals surface area contributed by atoms with Gasteiger partial charge in [0.05, 0.1) is 0 Å². The second kappa shape index (κ2) is 6.84. The van der Waals surface area contributed by atoms with Crippen LogP contribution in [0.5, 0.6) is 0 Å². The Morgan fingerprint density at radius 3 is 1.96 bits per heavy atom. The van der Waals surface area contributed by atoms with Crippen LogP contribution in [0.1, 0.15) is 33.6 Å². The lowest BCUT2D eigenvalue weighted by molar-refractivity contribution is -0.387. The Balaban J connectivity index is 2.34. The van der Waals surface area contributed by atoms with Crippen LogP contribution in [0.3, 0.4) is 0 Å². The highest BCUT2D eigenvalue weighted by molar-refractivity contribution is 5.71. The molecule has 1 saturated carbocycles. The minimum atomic E-state index is -6.07. The third-order valence-corrected chi connectivity index (χ3v) is 4.90. The van der Waals surface area contributed by atoms with E-state index in [1.807, 2.05) is 0 Å². The van der Waals surface area contributed by atoms with Crippen LogP contribution in [0.15, 0.2) is 12.2 Å². The van der Waals surface area contributed by atoms with Crippen molar-refractivity contribution in [2.24, 2.45) is 17.8 Å². The fourth-order valence-corrected chi connectivity index (χ4v) is 3.64. The maximum Gasteiger partial charge on any atom is 0.426 e. The van der Waals surface area contributed by atoms with Crippen LogP contribution in [-0.2, 0) is 14.3 Å². The molecule has 0 saturated heterocycles. The average molecular weight is 424 g/mol. The molecule has 2 rings (SSSR count). The summed E-state index contributed by atoms with van der Waals surface area (Å²) in [4.78, 5) is 11.6. The monoisotopic (exact) mass is 424 g/mol. The normalized spacial score (nSPS) is 27.3. The van der Waals surface area contributed by atoms with Crippen LogP contribution in [0.25, 0.3) is 0 Å². The summed E-state index contributed by atoms with van der Waals surface area (Å²) in [6.45, 7) is 2.38. The van der Waals surface area contributed by atoms with E-state index in [1.54, 1.807) is 0 Å². The lowest BCUT2D eigenvalue weighted by atomic mass is 9.79. The second-order valence-corrected chi connectivity index (χ2v) is 8.07. The number of halogens is 8. The van der Waals surface area contributed by atoms with Crippen LogP contribution >= 0.6 is 0 Å². The molecule has 1 fully saturated rings. The van der Waals surface area contributed by atoms with E-state index in [4.69, 9.17) is 0 Å². The van der Waals surface area contributed by atoms with Gasteiger partial charge in [-0.2, -0.15) is 26.3 Å². The van der Waals surface area contributed by atoms with E-state index in [2.05, 4.69) is 9.47 Å². The summed E-state index contributed by atoms with van der Waals surface area (Å²) in [6, 6.07) is 0. The van der Waals surface area contributed by atoms with Crippen molar-refractivity contribution in [1.29, 1.82) is 0 Å². The first-order chi connectivity index (χ1) is 12.4. The van der Waals surface area contributed by atoms with Crippen LogP contribution in [0.4, 0.5) is 35.1 Å². The van der Waals surface area contributed by atoms with E-state index in [0.717, 1.165) is 6.08 Å². The number of hydrogen-bond acceptors (Lipinski definition) is 3. The highest BCUT2D eigenvalue weighted by Gasteiger charge is 2.75. The van der Waals surface area contributed by atoms with Crippen LogP contribution in [-0.4, -0.2) is 42.1 Å². The number of allylic oxidation sites excluding steroid dienone is 2. The zero-order chi connectivity index (χ0) is 21.8. The number of esters is 1. The fourth-order valence-electron chi connectivity index (χ4n) is 3.64. The topological polar surface area (TPSA) is 35.5 Å². The van der Waals surface area contributed by atoms with Crippen LogP contribution in [0, 0.1) is 17.8 Å². The summed E-state index contributed by atoms with van der Waals surface area (Å²) in [5.74, 6) is -9.97. The lowest BCUT2D eigenvalue weighted by Gasteiger charge is -2.41. The van der Waals surface area contributed by atoms with Gasteiger partial charge in [0.1, 0.15) is 12.2 Å². The maximum absolute atomic E-state index is 14.3. The predicted molar refractivity (Wildman–Crippen MR) is 80.4 cm³/mol. The number of carbonyl (C=O) groups is 1. The van der Waals surface area contributed by atoms with Gasteiger partial charge in [-0.05, 0) is 33.1 Å². The number of rotatable bonds is 5. The van der Waals surface area contributed by atoms with Crippen molar-refractivity contribution in [3.8, 4) is 0 Å². The number of fused-ring (bicyclic) bond motifs is 2. The van der Waals surface area contributed by atoms with Gasteiger partial charge < -0.3 is 9.47 Å². The van der Waals surface area contributed by atoms with Crippen molar-refractivity contribution in [2.75, 3.05) is 6.61 Å². The molecule has 3 atom stereocenters. The predicted octanol–water partition coefficient (Wildman–Crippen LogP) is 5.06. The molecule has 2 aliphatic rings. The zero-order valence-electron chi connectivity index (χ0n) is 15.3. The van der Waals surface area contributed by atoms with Crippen molar-refractivity contribution < 1.29 is 49.4 Å². The van der Waals surface area contributed by atoms with Gasteiger partial charge in [-0.1, -0.05) is 12.2 Å². The fraction of sp³-hybridized carbons (Fsp3) is 0.824. The van der Waals surface area contributed by atoms with Crippen LogP contribution < -0.4 is 0 Å². The molecule has 0 amide bonds. The lowest BCUT2D eigenvalue weighted by Crippen LogP contribution is -2.61. The number of carbonyl (C=O) groups excluding carboxylic acids is 1. The molecular formula is C17H20F8O3. The minimum absolute atomic E-state index is 0.227. The number of ether oxygens (including phenoxy) is 2. The molecule has 0 aliphatic heterocycles. The Morgan fingerprint density at radius 2 is 1.57 bits per heavy atom. The highest BCUT2D eigenvalue weighted by atomic mass is 19.4. The Morgan fingerprint density at radius 1 is 1.04 bits per heavy atom. The molecule has 0 aromatic heterocycles. The number of hydrogen-bond donors (Lipinski definition) is 0. The first-order valence-corrected chi connectivity index (χ1v) is 8.46. The molecule has 2 bridgehead atoms. The highest BCUT2D eigenvalue weighted by Crippen LogP contribution is 2.60. The summed E-state index contributed by atoms with van der Waals surface area (Å²) in [5, 5.41) is 0. The molecule has 0 aromatic rings. The molecule has 28 heavy (non-hydrogen) atoms. The first-order valence-electron chi connectivity index (χ1n) is 8.46.